The van der Waals surface area contributed by atoms with Crippen LogP contribution in [0.1, 0.15) is 25.0 Å². The normalized spacial score (nSPS) is 13.3. The molecule has 212 valence electrons. The van der Waals surface area contributed by atoms with Crippen molar-refractivity contribution in [2.45, 2.75) is 31.8 Å². The van der Waals surface area contributed by atoms with Gasteiger partial charge in [0.25, 0.3) is 0 Å². The molecule has 0 aliphatic rings. The molecule has 0 aliphatic heterocycles. The average Bonchev–Trinajstić information content (AvgIpc) is 2.95. The van der Waals surface area contributed by atoms with E-state index in [4.69, 9.17) is 28.4 Å². The second kappa shape index (κ2) is 16.3. The van der Waals surface area contributed by atoms with Crippen molar-refractivity contribution in [1.82, 2.24) is 0 Å². The molecular weight excluding hydrogens is 508 g/mol. The zero-order valence-electron chi connectivity index (χ0n) is 22.6. The topological polar surface area (TPSA) is 130 Å². The molecule has 2 rings (SSSR count). The van der Waals surface area contributed by atoms with Crippen LogP contribution >= 0.6 is 0 Å². The third kappa shape index (κ3) is 9.84. The van der Waals surface area contributed by atoms with Crippen LogP contribution < -0.4 is 9.47 Å². The van der Waals surface area contributed by atoms with Gasteiger partial charge < -0.3 is 38.6 Å². The van der Waals surface area contributed by atoms with E-state index in [0.717, 1.165) is 0 Å². The van der Waals surface area contributed by atoms with E-state index in [1.807, 2.05) is 0 Å². The number of allylic oxidation sites excluding steroid dienone is 2. The highest BCUT2D eigenvalue weighted by atomic mass is 16.7. The SMILES string of the molecule is CC=CC(=O)OCC(O)COc1ccc(C(OC)(OC)c2ccc(OCC(O)COC(=O)C=CC)cc2)cc1. The van der Waals surface area contributed by atoms with Crippen LogP contribution in [0.3, 0.4) is 0 Å². The summed E-state index contributed by atoms with van der Waals surface area (Å²) in [5.41, 5.74) is 1.38. The third-order valence-corrected chi connectivity index (χ3v) is 5.37. The van der Waals surface area contributed by atoms with Gasteiger partial charge in [0.05, 0.1) is 0 Å². The fraction of sp³-hybridized carbons (Fsp3) is 0.379. The summed E-state index contributed by atoms with van der Waals surface area (Å²) in [5.74, 6) is -1.29. The second-order valence-electron chi connectivity index (χ2n) is 8.26. The summed E-state index contributed by atoms with van der Waals surface area (Å²) in [7, 11) is 3.05. The van der Waals surface area contributed by atoms with E-state index in [2.05, 4.69) is 0 Å². The van der Waals surface area contributed by atoms with Crippen molar-refractivity contribution in [1.29, 1.82) is 0 Å². The molecule has 2 aromatic rings. The maximum atomic E-state index is 11.3. The van der Waals surface area contributed by atoms with E-state index in [1.54, 1.807) is 74.5 Å². The van der Waals surface area contributed by atoms with Gasteiger partial charge in [-0.25, -0.2) is 9.59 Å². The minimum absolute atomic E-state index is 0.0590. The molecule has 0 radical (unpaired) electrons. The summed E-state index contributed by atoms with van der Waals surface area (Å²) in [6.07, 6.45) is 3.68. The molecule has 2 aromatic carbocycles. The van der Waals surface area contributed by atoms with E-state index in [-0.39, 0.29) is 26.4 Å². The van der Waals surface area contributed by atoms with Crippen LogP contribution in [-0.4, -0.2) is 75.0 Å². The summed E-state index contributed by atoms with van der Waals surface area (Å²) in [4.78, 5) is 22.7. The van der Waals surface area contributed by atoms with Gasteiger partial charge in [-0.1, -0.05) is 12.2 Å². The van der Waals surface area contributed by atoms with Crippen LogP contribution in [0.15, 0.2) is 72.8 Å². The first-order chi connectivity index (χ1) is 18.8. The molecule has 2 unspecified atom stereocenters. The van der Waals surface area contributed by atoms with Gasteiger partial charge in [0.1, 0.15) is 50.1 Å². The van der Waals surface area contributed by atoms with Crippen LogP contribution in [0.5, 0.6) is 11.5 Å². The Morgan fingerprint density at radius 1 is 0.692 bits per heavy atom. The zero-order valence-corrected chi connectivity index (χ0v) is 22.6. The van der Waals surface area contributed by atoms with E-state index in [0.29, 0.717) is 22.6 Å². The number of carbonyl (C=O) groups excluding carboxylic acids is 2. The summed E-state index contributed by atoms with van der Waals surface area (Å²) < 4.78 is 32.6. The molecule has 10 nitrogen and oxygen atoms in total. The Balaban J connectivity index is 1.98. The van der Waals surface area contributed by atoms with Crippen molar-refractivity contribution in [3.63, 3.8) is 0 Å². The van der Waals surface area contributed by atoms with Crippen molar-refractivity contribution in [3.05, 3.63) is 84.0 Å². The molecule has 0 amide bonds. The molecular formula is C29H36O10. The summed E-state index contributed by atoms with van der Waals surface area (Å²) >= 11 is 0. The van der Waals surface area contributed by atoms with Crippen LogP contribution in [0, 0.1) is 0 Å². The Morgan fingerprint density at radius 2 is 1.05 bits per heavy atom. The number of ether oxygens (including phenoxy) is 6. The average molecular weight is 545 g/mol. The predicted molar refractivity (Wildman–Crippen MR) is 142 cm³/mol. The van der Waals surface area contributed by atoms with Gasteiger partial charge in [0.15, 0.2) is 0 Å². The van der Waals surface area contributed by atoms with Gasteiger partial charge in [0.2, 0.25) is 5.79 Å². The highest BCUT2D eigenvalue weighted by molar-refractivity contribution is 5.82. The molecule has 2 atom stereocenters. The van der Waals surface area contributed by atoms with E-state index in [9.17, 15) is 19.8 Å². The highest BCUT2D eigenvalue weighted by Crippen LogP contribution is 2.35. The quantitative estimate of drug-likeness (QED) is 0.185. The van der Waals surface area contributed by atoms with Gasteiger partial charge in [0, 0.05) is 37.5 Å². The minimum atomic E-state index is -1.22. The second-order valence-corrected chi connectivity index (χ2v) is 8.26. The van der Waals surface area contributed by atoms with Crippen molar-refractivity contribution in [3.8, 4) is 11.5 Å². The van der Waals surface area contributed by atoms with Crippen molar-refractivity contribution >= 4 is 11.9 Å². The lowest BCUT2D eigenvalue weighted by atomic mass is 9.96. The van der Waals surface area contributed by atoms with E-state index < -0.39 is 29.9 Å². The Bertz CT molecular complexity index is 989. The van der Waals surface area contributed by atoms with Crippen molar-refractivity contribution in [2.75, 3.05) is 40.6 Å². The fourth-order valence-corrected chi connectivity index (χ4v) is 3.47. The first-order valence-electron chi connectivity index (χ1n) is 12.3. The summed E-state index contributed by atoms with van der Waals surface area (Å²) in [6.45, 7) is 2.91. The minimum Gasteiger partial charge on any atom is -0.491 e. The largest absolute Gasteiger partial charge is 0.491 e. The van der Waals surface area contributed by atoms with Crippen LogP contribution in [0.25, 0.3) is 0 Å². The number of methoxy groups -OCH3 is 2. The number of rotatable bonds is 16. The number of hydrogen-bond donors (Lipinski definition) is 2. The van der Waals surface area contributed by atoms with Crippen LogP contribution in [0.2, 0.25) is 0 Å². The zero-order chi connectivity index (χ0) is 28.7. The molecule has 0 spiro atoms. The number of carbonyl (C=O) groups is 2. The van der Waals surface area contributed by atoms with Gasteiger partial charge in [-0.3, -0.25) is 0 Å². The lowest BCUT2D eigenvalue weighted by Crippen LogP contribution is -2.32. The molecule has 0 heterocycles. The Morgan fingerprint density at radius 3 is 1.36 bits per heavy atom. The number of aliphatic hydroxyl groups excluding tert-OH is 2. The maximum Gasteiger partial charge on any atom is 0.330 e. The number of hydrogen-bond acceptors (Lipinski definition) is 10. The first-order valence-corrected chi connectivity index (χ1v) is 12.3. The summed E-state index contributed by atoms with van der Waals surface area (Å²) in [5, 5.41) is 20.0. The predicted octanol–water partition coefficient (Wildman–Crippen LogP) is 2.90. The Kier molecular flexibility index (Phi) is 13.2. The maximum absolute atomic E-state index is 11.3. The van der Waals surface area contributed by atoms with Crippen LogP contribution in [0.4, 0.5) is 0 Å². The molecule has 0 aliphatic carbocycles. The van der Waals surface area contributed by atoms with Crippen molar-refractivity contribution in [2.24, 2.45) is 0 Å². The third-order valence-electron chi connectivity index (χ3n) is 5.37. The standard InChI is InChI=1S/C29H36O10/c1-5-7-27(32)38-19-23(30)17-36-25-13-9-21(10-14-25)29(34-3,35-4)22-11-15-26(16-12-22)37-18-24(31)20-39-28(33)8-6-2/h5-16,23-24,30-31H,17-20H2,1-4H3. The van der Waals surface area contributed by atoms with Crippen LogP contribution in [-0.2, 0) is 34.3 Å². The number of aliphatic hydroxyl groups is 2. The molecule has 0 saturated carbocycles. The van der Waals surface area contributed by atoms with Crippen molar-refractivity contribution < 1.29 is 48.2 Å². The molecule has 39 heavy (non-hydrogen) atoms. The molecule has 2 N–H and O–H groups in total. The smallest absolute Gasteiger partial charge is 0.330 e. The molecule has 10 heteroatoms. The molecule has 0 fully saturated rings. The van der Waals surface area contributed by atoms with Gasteiger partial charge in [-0.05, 0) is 62.4 Å². The van der Waals surface area contributed by atoms with E-state index >= 15 is 0 Å². The first kappa shape index (κ1) is 31.5. The number of esters is 2. The van der Waals surface area contributed by atoms with Gasteiger partial charge in [-0.15, -0.1) is 0 Å². The molecule has 0 aromatic heterocycles. The monoisotopic (exact) mass is 544 g/mol. The lowest BCUT2D eigenvalue weighted by Gasteiger charge is -2.32. The molecule has 0 bridgehead atoms. The fourth-order valence-electron chi connectivity index (χ4n) is 3.47. The van der Waals surface area contributed by atoms with Gasteiger partial charge in [-0.2, -0.15) is 0 Å². The Hall–Kier alpha value is -3.70. The number of benzene rings is 2. The molecule has 0 saturated heterocycles. The van der Waals surface area contributed by atoms with Gasteiger partial charge >= 0.3 is 11.9 Å². The van der Waals surface area contributed by atoms with E-state index in [1.165, 1.54) is 26.4 Å². The summed E-state index contributed by atoms with van der Waals surface area (Å²) in [6, 6.07) is 13.9. The highest BCUT2D eigenvalue weighted by Gasteiger charge is 2.34. The lowest BCUT2D eigenvalue weighted by molar-refractivity contribution is -0.183. The Labute approximate surface area is 228 Å².